The van der Waals surface area contributed by atoms with Crippen molar-refractivity contribution in [2.75, 3.05) is 0 Å². The maximum absolute atomic E-state index is 9.96. The molecule has 1 fully saturated rings. The van der Waals surface area contributed by atoms with Crippen LogP contribution in [0.3, 0.4) is 0 Å². The van der Waals surface area contributed by atoms with E-state index < -0.39 is 0 Å². The van der Waals surface area contributed by atoms with E-state index in [1.165, 1.54) is 12.0 Å². The number of aliphatic hydroxyl groups excluding tert-OH is 1. The first kappa shape index (κ1) is 13.1. The second-order valence-electron chi connectivity index (χ2n) is 4.87. The summed E-state index contributed by atoms with van der Waals surface area (Å²) in [5.74, 6) is 0. The number of halogens is 1. The van der Waals surface area contributed by atoms with Gasteiger partial charge in [-0.2, -0.15) is 0 Å². The van der Waals surface area contributed by atoms with E-state index in [4.69, 9.17) is 0 Å². The standard InChI is InChI=1S/C14H20BrNO/c1-10(11-6-2-3-7-12(11)15)16-13-8-4-5-9-14(13)17/h2-3,6-7,10,13-14,16-17H,4-5,8-9H2,1H3. The molecule has 0 aliphatic heterocycles. The third-order valence-electron chi connectivity index (χ3n) is 3.57. The summed E-state index contributed by atoms with van der Waals surface area (Å²) in [7, 11) is 0. The molecule has 1 aliphatic carbocycles. The van der Waals surface area contributed by atoms with Crippen molar-refractivity contribution in [1.29, 1.82) is 0 Å². The van der Waals surface area contributed by atoms with E-state index in [9.17, 15) is 5.11 Å². The molecule has 0 aromatic heterocycles. The summed E-state index contributed by atoms with van der Waals surface area (Å²) in [5.41, 5.74) is 1.25. The van der Waals surface area contributed by atoms with Gasteiger partial charge in [-0.15, -0.1) is 0 Å². The second-order valence-corrected chi connectivity index (χ2v) is 5.72. The Hall–Kier alpha value is -0.380. The van der Waals surface area contributed by atoms with Gasteiger partial charge in [0.2, 0.25) is 0 Å². The van der Waals surface area contributed by atoms with Crippen LogP contribution in [0.2, 0.25) is 0 Å². The fourth-order valence-electron chi connectivity index (χ4n) is 2.54. The monoisotopic (exact) mass is 297 g/mol. The van der Waals surface area contributed by atoms with Crippen molar-refractivity contribution < 1.29 is 5.11 Å². The van der Waals surface area contributed by atoms with Crippen LogP contribution in [-0.4, -0.2) is 17.3 Å². The molecule has 0 saturated heterocycles. The van der Waals surface area contributed by atoms with Gasteiger partial charge < -0.3 is 10.4 Å². The average molecular weight is 298 g/mol. The molecule has 0 heterocycles. The molecule has 0 radical (unpaired) electrons. The smallest absolute Gasteiger partial charge is 0.0693 e. The molecule has 1 saturated carbocycles. The van der Waals surface area contributed by atoms with Crippen molar-refractivity contribution in [2.45, 2.75) is 50.8 Å². The SMILES string of the molecule is CC(NC1CCCCC1O)c1ccccc1Br. The van der Waals surface area contributed by atoms with Gasteiger partial charge in [0.05, 0.1) is 6.10 Å². The summed E-state index contributed by atoms with van der Waals surface area (Å²) in [6, 6.07) is 8.77. The summed E-state index contributed by atoms with van der Waals surface area (Å²) >= 11 is 3.57. The Bertz CT molecular complexity index is 369. The molecule has 3 heteroatoms. The van der Waals surface area contributed by atoms with Crippen LogP contribution in [0.25, 0.3) is 0 Å². The lowest BCUT2D eigenvalue weighted by Crippen LogP contribution is -2.43. The third-order valence-corrected chi connectivity index (χ3v) is 4.29. The average Bonchev–Trinajstić information content (AvgIpc) is 2.32. The molecule has 3 unspecified atom stereocenters. The molecular formula is C14H20BrNO. The summed E-state index contributed by atoms with van der Waals surface area (Å²) in [5, 5.41) is 13.5. The van der Waals surface area contributed by atoms with E-state index >= 15 is 0 Å². The predicted molar refractivity (Wildman–Crippen MR) is 74.0 cm³/mol. The molecule has 0 bridgehead atoms. The normalized spacial score (nSPS) is 26.8. The van der Waals surface area contributed by atoms with E-state index in [-0.39, 0.29) is 18.2 Å². The zero-order valence-corrected chi connectivity index (χ0v) is 11.8. The molecule has 2 nitrogen and oxygen atoms in total. The maximum Gasteiger partial charge on any atom is 0.0693 e. The van der Waals surface area contributed by atoms with E-state index in [1.807, 2.05) is 6.07 Å². The molecule has 0 amide bonds. The molecule has 17 heavy (non-hydrogen) atoms. The van der Waals surface area contributed by atoms with E-state index in [0.29, 0.717) is 0 Å². The molecular weight excluding hydrogens is 278 g/mol. The Kier molecular flexibility index (Phi) is 4.60. The Morgan fingerprint density at radius 3 is 2.71 bits per heavy atom. The minimum absolute atomic E-state index is 0.186. The lowest BCUT2D eigenvalue weighted by molar-refractivity contribution is 0.0859. The number of hydrogen-bond acceptors (Lipinski definition) is 2. The van der Waals surface area contributed by atoms with Crippen LogP contribution >= 0.6 is 15.9 Å². The van der Waals surface area contributed by atoms with Crippen molar-refractivity contribution in [2.24, 2.45) is 0 Å². The van der Waals surface area contributed by atoms with Crippen molar-refractivity contribution in [3.63, 3.8) is 0 Å². The van der Waals surface area contributed by atoms with E-state index in [2.05, 4.69) is 46.4 Å². The highest BCUT2D eigenvalue weighted by Gasteiger charge is 2.24. The minimum Gasteiger partial charge on any atom is -0.392 e. The van der Waals surface area contributed by atoms with Gasteiger partial charge in [0.15, 0.2) is 0 Å². The predicted octanol–water partition coefficient (Wildman–Crippen LogP) is 3.40. The van der Waals surface area contributed by atoms with E-state index in [0.717, 1.165) is 23.7 Å². The van der Waals surface area contributed by atoms with Gasteiger partial charge in [0, 0.05) is 16.6 Å². The number of rotatable bonds is 3. The highest BCUT2D eigenvalue weighted by molar-refractivity contribution is 9.10. The summed E-state index contributed by atoms with van der Waals surface area (Å²) < 4.78 is 1.13. The summed E-state index contributed by atoms with van der Waals surface area (Å²) in [6.45, 7) is 2.15. The summed E-state index contributed by atoms with van der Waals surface area (Å²) in [6.07, 6.45) is 4.20. The van der Waals surface area contributed by atoms with Gasteiger partial charge in [0.1, 0.15) is 0 Å². The highest BCUT2D eigenvalue weighted by Crippen LogP contribution is 2.26. The van der Waals surface area contributed by atoms with Gasteiger partial charge in [-0.05, 0) is 31.4 Å². The topological polar surface area (TPSA) is 32.3 Å². The fraction of sp³-hybridized carbons (Fsp3) is 0.571. The van der Waals surface area contributed by atoms with E-state index in [1.54, 1.807) is 0 Å². The first-order chi connectivity index (χ1) is 8.18. The van der Waals surface area contributed by atoms with Gasteiger partial charge in [-0.3, -0.25) is 0 Å². The Balaban J connectivity index is 2.01. The Morgan fingerprint density at radius 2 is 2.00 bits per heavy atom. The van der Waals surface area contributed by atoms with Gasteiger partial charge in [0.25, 0.3) is 0 Å². The van der Waals surface area contributed by atoms with Crippen LogP contribution in [0, 0.1) is 0 Å². The molecule has 1 aliphatic rings. The third kappa shape index (κ3) is 3.30. The van der Waals surface area contributed by atoms with Crippen molar-refractivity contribution in [3.8, 4) is 0 Å². The largest absolute Gasteiger partial charge is 0.392 e. The molecule has 0 spiro atoms. The lowest BCUT2D eigenvalue weighted by atomic mass is 9.91. The van der Waals surface area contributed by atoms with Gasteiger partial charge in [-0.25, -0.2) is 0 Å². The van der Waals surface area contributed by atoms with Crippen LogP contribution in [-0.2, 0) is 0 Å². The van der Waals surface area contributed by atoms with Gasteiger partial charge >= 0.3 is 0 Å². The minimum atomic E-state index is -0.186. The molecule has 2 rings (SSSR count). The molecule has 94 valence electrons. The first-order valence-corrected chi connectivity index (χ1v) is 7.16. The highest BCUT2D eigenvalue weighted by atomic mass is 79.9. The van der Waals surface area contributed by atoms with Crippen LogP contribution in [0.4, 0.5) is 0 Å². The first-order valence-electron chi connectivity index (χ1n) is 6.37. The van der Waals surface area contributed by atoms with Gasteiger partial charge in [-0.1, -0.05) is 47.0 Å². The maximum atomic E-state index is 9.96. The van der Waals surface area contributed by atoms with Crippen molar-refractivity contribution in [3.05, 3.63) is 34.3 Å². The van der Waals surface area contributed by atoms with Crippen LogP contribution in [0.15, 0.2) is 28.7 Å². The van der Waals surface area contributed by atoms with Crippen LogP contribution < -0.4 is 5.32 Å². The molecule has 1 aromatic carbocycles. The number of benzene rings is 1. The lowest BCUT2D eigenvalue weighted by Gasteiger charge is -2.31. The Labute approximate surface area is 112 Å². The second kappa shape index (κ2) is 5.98. The quantitative estimate of drug-likeness (QED) is 0.896. The Morgan fingerprint density at radius 1 is 1.29 bits per heavy atom. The van der Waals surface area contributed by atoms with Crippen LogP contribution in [0.5, 0.6) is 0 Å². The number of hydrogen-bond donors (Lipinski definition) is 2. The summed E-state index contributed by atoms with van der Waals surface area (Å²) in [4.78, 5) is 0. The zero-order valence-electron chi connectivity index (χ0n) is 10.2. The molecule has 3 atom stereocenters. The van der Waals surface area contributed by atoms with Crippen molar-refractivity contribution in [1.82, 2.24) is 5.32 Å². The fourth-order valence-corrected chi connectivity index (χ4v) is 3.17. The zero-order chi connectivity index (χ0) is 12.3. The number of aliphatic hydroxyl groups is 1. The van der Waals surface area contributed by atoms with Crippen LogP contribution in [0.1, 0.15) is 44.2 Å². The number of nitrogens with one attached hydrogen (secondary N) is 1. The molecule has 1 aromatic rings. The molecule has 2 N–H and O–H groups in total. The van der Waals surface area contributed by atoms with Crippen molar-refractivity contribution >= 4 is 15.9 Å².